The van der Waals surface area contributed by atoms with Crippen molar-refractivity contribution < 1.29 is 14.2 Å². The van der Waals surface area contributed by atoms with Crippen molar-refractivity contribution in [1.29, 1.82) is 0 Å². The van der Waals surface area contributed by atoms with Crippen molar-refractivity contribution in [3.8, 4) is 22.8 Å². The Balaban J connectivity index is 1.67. The number of ether oxygens (including phenoxy) is 1. The SMILES string of the molecule is CCOc1ccc(/C(C)=N\NC(=O)c2nnn(-c3nonc3N)c2-c2ccc(Cl)c(Cl)c2)cc1. The Labute approximate surface area is 203 Å². The minimum absolute atomic E-state index is 0.0393. The number of nitrogens with zero attached hydrogens (tertiary/aromatic N) is 6. The van der Waals surface area contributed by atoms with Crippen molar-refractivity contribution >= 4 is 40.6 Å². The third-order valence-electron chi connectivity index (χ3n) is 4.68. The topological polar surface area (TPSA) is 146 Å². The molecular formula is C21H18Cl2N8O3. The second-order valence-corrected chi connectivity index (χ2v) is 7.71. The summed E-state index contributed by atoms with van der Waals surface area (Å²) in [7, 11) is 0. The first-order chi connectivity index (χ1) is 16.4. The van der Waals surface area contributed by atoms with Crippen LogP contribution in [0.2, 0.25) is 10.0 Å². The van der Waals surface area contributed by atoms with Gasteiger partial charge in [-0.25, -0.2) is 10.1 Å². The second kappa shape index (κ2) is 9.89. The van der Waals surface area contributed by atoms with Crippen molar-refractivity contribution in [2.75, 3.05) is 12.3 Å². The molecule has 3 N–H and O–H groups in total. The molecule has 11 nitrogen and oxygen atoms in total. The summed E-state index contributed by atoms with van der Waals surface area (Å²) in [6, 6.07) is 12.1. The maximum absolute atomic E-state index is 13.0. The predicted molar refractivity (Wildman–Crippen MR) is 126 cm³/mol. The number of carbonyl (C=O) groups is 1. The van der Waals surface area contributed by atoms with E-state index in [0.717, 1.165) is 11.3 Å². The highest BCUT2D eigenvalue weighted by Crippen LogP contribution is 2.31. The van der Waals surface area contributed by atoms with Crippen LogP contribution < -0.4 is 15.9 Å². The number of anilines is 1. The van der Waals surface area contributed by atoms with Crippen molar-refractivity contribution in [2.24, 2.45) is 5.10 Å². The van der Waals surface area contributed by atoms with E-state index in [1.807, 2.05) is 31.2 Å². The van der Waals surface area contributed by atoms with Gasteiger partial charge in [-0.3, -0.25) is 4.79 Å². The van der Waals surface area contributed by atoms with Crippen LogP contribution >= 0.6 is 23.2 Å². The number of aromatic nitrogens is 5. The van der Waals surface area contributed by atoms with Crippen molar-refractivity contribution in [2.45, 2.75) is 13.8 Å². The van der Waals surface area contributed by atoms with Gasteiger partial charge in [0.2, 0.25) is 11.6 Å². The number of hydrogen-bond acceptors (Lipinski definition) is 9. The second-order valence-electron chi connectivity index (χ2n) is 6.90. The van der Waals surface area contributed by atoms with Gasteiger partial charge in [0.15, 0.2) is 5.69 Å². The summed E-state index contributed by atoms with van der Waals surface area (Å²) in [5.41, 5.74) is 10.4. The van der Waals surface area contributed by atoms with Crippen LogP contribution in [0.1, 0.15) is 29.9 Å². The van der Waals surface area contributed by atoms with Crippen LogP contribution in [0.15, 0.2) is 52.2 Å². The van der Waals surface area contributed by atoms with Crippen LogP contribution in [0.4, 0.5) is 5.82 Å². The lowest BCUT2D eigenvalue weighted by Crippen LogP contribution is -2.21. The molecule has 34 heavy (non-hydrogen) atoms. The number of rotatable bonds is 7. The summed E-state index contributed by atoms with van der Waals surface area (Å²) in [6.45, 7) is 4.24. The lowest BCUT2D eigenvalue weighted by molar-refractivity contribution is 0.0950. The maximum atomic E-state index is 13.0. The van der Waals surface area contributed by atoms with Crippen molar-refractivity contribution in [3.05, 3.63) is 63.8 Å². The number of halogens is 2. The highest BCUT2D eigenvalue weighted by atomic mass is 35.5. The molecule has 174 valence electrons. The number of nitrogen functional groups attached to an aromatic ring is 1. The fourth-order valence-corrected chi connectivity index (χ4v) is 3.33. The van der Waals surface area contributed by atoms with E-state index in [4.69, 9.17) is 33.7 Å². The van der Waals surface area contributed by atoms with Crippen LogP contribution in [0.25, 0.3) is 17.1 Å². The largest absolute Gasteiger partial charge is 0.494 e. The van der Waals surface area contributed by atoms with Gasteiger partial charge in [-0.1, -0.05) is 34.5 Å². The fourth-order valence-electron chi connectivity index (χ4n) is 3.03. The molecule has 1 amide bonds. The van der Waals surface area contributed by atoms with Crippen LogP contribution in [0, 0.1) is 0 Å². The van der Waals surface area contributed by atoms with E-state index in [-0.39, 0.29) is 28.0 Å². The Morgan fingerprint density at radius 1 is 1.18 bits per heavy atom. The molecule has 13 heteroatoms. The number of hydrazone groups is 1. The summed E-state index contributed by atoms with van der Waals surface area (Å²) in [5.74, 6) is 0.143. The highest BCUT2D eigenvalue weighted by Gasteiger charge is 2.25. The highest BCUT2D eigenvalue weighted by molar-refractivity contribution is 6.42. The van der Waals surface area contributed by atoms with Crippen molar-refractivity contribution in [3.63, 3.8) is 0 Å². The van der Waals surface area contributed by atoms with E-state index in [1.54, 1.807) is 25.1 Å². The predicted octanol–water partition coefficient (Wildman–Crippen LogP) is 3.76. The molecule has 0 aliphatic heterocycles. The number of nitrogens with two attached hydrogens (primary N) is 1. The quantitative estimate of drug-likeness (QED) is 0.288. The van der Waals surface area contributed by atoms with Gasteiger partial charge >= 0.3 is 0 Å². The maximum Gasteiger partial charge on any atom is 0.294 e. The number of benzene rings is 2. The number of hydrogen-bond donors (Lipinski definition) is 2. The van der Waals surface area contributed by atoms with Gasteiger partial charge in [0.05, 0.1) is 22.4 Å². The third kappa shape index (κ3) is 4.70. The summed E-state index contributed by atoms with van der Waals surface area (Å²) < 4.78 is 11.3. The first-order valence-electron chi connectivity index (χ1n) is 9.96. The molecule has 4 aromatic rings. The molecular weight excluding hydrogens is 483 g/mol. The Morgan fingerprint density at radius 3 is 2.59 bits per heavy atom. The molecule has 0 atom stereocenters. The van der Waals surface area contributed by atoms with Crippen molar-refractivity contribution in [1.82, 2.24) is 30.7 Å². The molecule has 2 aromatic heterocycles. The molecule has 2 aromatic carbocycles. The van der Waals surface area contributed by atoms with Gasteiger partial charge in [0.25, 0.3) is 5.91 Å². The Hall–Kier alpha value is -3.96. The fraction of sp³-hybridized carbons (Fsp3) is 0.143. The molecule has 0 bridgehead atoms. The van der Waals surface area contributed by atoms with Crippen LogP contribution in [-0.2, 0) is 0 Å². The number of nitrogens with one attached hydrogen (secondary N) is 1. The monoisotopic (exact) mass is 500 g/mol. The minimum atomic E-state index is -0.618. The summed E-state index contributed by atoms with van der Waals surface area (Å²) in [4.78, 5) is 13.0. The average molecular weight is 501 g/mol. The molecule has 0 unspecified atom stereocenters. The van der Waals surface area contributed by atoms with Gasteiger partial charge in [-0.05, 0) is 66.1 Å². The van der Waals surface area contributed by atoms with E-state index >= 15 is 0 Å². The molecule has 0 aliphatic rings. The van der Waals surface area contributed by atoms with E-state index < -0.39 is 5.91 Å². The van der Waals surface area contributed by atoms with Crippen LogP contribution in [0.5, 0.6) is 5.75 Å². The first-order valence-corrected chi connectivity index (χ1v) is 10.7. The molecule has 2 heterocycles. The molecule has 0 saturated carbocycles. The van der Waals surface area contributed by atoms with E-state index in [9.17, 15) is 4.79 Å². The molecule has 0 saturated heterocycles. The van der Waals surface area contributed by atoms with E-state index in [0.29, 0.717) is 22.9 Å². The summed E-state index contributed by atoms with van der Waals surface area (Å²) in [5, 5.41) is 20.1. The average Bonchev–Trinajstić information content (AvgIpc) is 3.45. The van der Waals surface area contributed by atoms with E-state index in [2.05, 4.69) is 35.8 Å². The van der Waals surface area contributed by atoms with Gasteiger partial charge < -0.3 is 10.5 Å². The third-order valence-corrected chi connectivity index (χ3v) is 5.42. The lowest BCUT2D eigenvalue weighted by Gasteiger charge is -2.08. The minimum Gasteiger partial charge on any atom is -0.494 e. The Morgan fingerprint density at radius 2 is 1.94 bits per heavy atom. The molecule has 0 spiro atoms. The lowest BCUT2D eigenvalue weighted by atomic mass is 10.1. The van der Waals surface area contributed by atoms with Gasteiger partial charge in [-0.15, -0.1) is 5.10 Å². The summed E-state index contributed by atoms with van der Waals surface area (Å²) >= 11 is 12.2. The van der Waals surface area contributed by atoms with E-state index in [1.165, 1.54) is 4.68 Å². The van der Waals surface area contributed by atoms with Crippen LogP contribution in [-0.4, -0.2) is 43.5 Å². The molecule has 0 fully saturated rings. The normalized spacial score (nSPS) is 11.5. The van der Waals surface area contributed by atoms with Gasteiger partial charge in [-0.2, -0.15) is 9.78 Å². The summed E-state index contributed by atoms with van der Waals surface area (Å²) in [6.07, 6.45) is 0. The molecule has 4 rings (SSSR count). The standard InChI is InChI=1S/C21H18Cl2N8O3/c1-3-33-14-7-4-12(5-8-14)11(2)25-27-21(32)17-18(13-6-9-15(22)16(23)10-13)31(30-26-17)20-19(24)28-34-29-20/h4-10H,3H2,1-2H3,(H2,24,28)(H,27,32)/b25-11-. The number of carbonyl (C=O) groups excluding carboxylic acids is 1. The first kappa shape index (κ1) is 23.2. The molecule has 0 radical (unpaired) electrons. The zero-order valence-corrected chi connectivity index (χ0v) is 19.5. The Kier molecular flexibility index (Phi) is 6.75. The molecule has 0 aliphatic carbocycles. The smallest absolute Gasteiger partial charge is 0.294 e. The number of amides is 1. The van der Waals surface area contributed by atoms with Gasteiger partial charge in [0.1, 0.15) is 11.4 Å². The Bertz CT molecular complexity index is 1360. The van der Waals surface area contributed by atoms with Gasteiger partial charge in [0, 0.05) is 5.56 Å². The van der Waals surface area contributed by atoms with Crippen LogP contribution in [0.3, 0.4) is 0 Å². The zero-order chi connectivity index (χ0) is 24.2. The zero-order valence-electron chi connectivity index (χ0n) is 18.0.